The SMILES string of the molecule is Cc1ccc(NC(=O)Nc2ccccc2)cc1NC(=O)C1CC(=O)N(C2CCCC2)C1. The van der Waals surface area contributed by atoms with Crippen LogP contribution in [0.5, 0.6) is 0 Å². The van der Waals surface area contributed by atoms with Gasteiger partial charge in [0.25, 0.3) is 0 Å². The van der Waals surface area contributed by atoms with E-state index >= 15 is 0 Å². The molecule has 2 aromatic carbocycles. The van der Waals surface area contributed by atoms with Gasteiger partial charge < -0.3 is 20.9 Å². The largest absolute Gasteiger partial charge is 0.339 e. The van der Waals surface area contributed by atoms with E-state index in [9.17, 15) is 14.4 Å². The second kappa shape index (κ2) is 9.20. The molecule has 2 fully saturated rings. The van der Waals surface area contributed by atoms with Crippen LogP contribution in [0, 0.1) is 12.8 Å². The van der Waals surface area contributed by atoms with E-state index < -0.39 is 0 Å². The van der Waals surface area contributed by atoms with Crippen LogP contribution in [0.3, 0.4) is 0 Å². The third-order valence-electron chi connectivity index (χ3n) is 6.08. The number of benzene rings is 2. The van der Waals surface area contributed by atoms with Gasteiger partial charge in [0.1, 0.15) is 0 Å². The van der Waals surface area contributed by atoms with Crippen LogP contribution in [-0.4, -0.2) is 35.3 Å². The molecule has 1 heterocycles. The summed E-state index contributed by atoms with van der Waals surface area (Å²) in [5, 5.41) is 8.51. The second-order valence-electron chi connectivity index (χ2n) is 8.35. The van der Waals surface area contributed by atoms with Crippen molar-refractivity contribution in [2.75, 3.05) is 22.5 Å². The molecule has 1 saturated heterocycles. The van der Waals surface area contributed by atoms with Crippen molar-refractivity contribution in [2.24, 2.45) is 5.92 Å². The summed E-state index contributed by atoms with van der Waals surface area (Å²) in [5.41, 5.74) is 2.79. The van der Waals surface area contributed by atoms with Crippen molar-refractivity contribution in [3.05, 3.63) is 54.1 Å². The molecule has 7 nitrogen and oxygen atoms in total. The van der Waals surface area contributed by atoms with Gasteiger partial charge in [0.15, 0.2) is 0 Å². The van der Waals surface area contributed by atoms with Crippen molar-refractivity contribution in [1.29, 1.82) is 0 Å². The van der Waals surface area contributed by atoms with Crippen LogP contribution < -0.4 is 16.0 Å². The summed E-state index contributed by atoms with van der Waals surface area (Å²) < 4.78 is 0. The molecule has 1 atom stereocenters. The summed E-state index contributed by atoms with van der Waals surface area (Å²) in [4.78, 5) is 39.4. The molecule has 4 amide bonds. The van der Waals surface area contributed by atoms with Gasteiger partial charge in [0.05, 0.1) is 5.92 Å². The number of nitrogens with zero attached hydrogens (tertiary/aromatic N) is 1. The van der Waals surface area contributed by atoms with Gasteiger partial charge >= 0.3 is 6.03 Å². The fourth-order valence-electron chi connectivity index (χ4n) is 4.36. The maximum Gasteiger partial charge on any atom is 0.323 e. The summed E-state index contributed by atoms with van der Waals surface area (Å²) in [6, 6.07) is 14.5. The van der Waals surface area contributed by atoms with Crippen molar-refractivity contribution in [1.82, 2.24) is 4.90 Å². The molecular weight excluding hydrogens is 392 g/mol. The maximum atomic E-state index is 12.9. The number of para-hydroxylation sites is 1. The normalized spacial score (nSPS) is 18.8. The number of anilines is 3. The third-order valence-corrected chi connectivity index (χ3v) is 6.08. The maximum absolute atomic E-state index is 12.9. The molecule has 2 aliphatic rings. The van der Waals surface area contributed by atoms with Crippen LogP contribution >= 0.6 is 0 Å². The van der Waals surface area contributed by atoms with Crippen LogP contribution in [0.2, 0.25) is 0 Å². The zero-order chi connectivity index (χ0) is 21.8. The monoisotopic (exact) mass is 420 g/mol. The van der Waals surface area contributed by atoms with Crippen molar-refractivity contribution < 1.29 is 14.4 Å². The van der Waals surface area contributed by atoms with Crippen LogP contribution in [0.1, 0.15) is 37.7 Å². The lowest BCUT2D eigenvalue weighted by Crippen LogP contribution is -2.35. The summed E-state index contributed by atoms with van der Waals surface area (Å²) in [6.45, 7) is 2.39. The fraction of sp³-hybridized carbons (Fsp3) is 0.375. The molecule has 1 aliphatic carbocycles. The van der Waals surface area contributed by atoms with Crippen LogP contribution in [-0.2, 0) is 9.59 Å². The summed E-state index contributed by atoms with van der Waals surface area (Å²) in [5.74, 6) is -0.412. The molecule has 0 spiro atoms. The molecule has 7 heteroatoms. The zero-order valence-electron chi connectivity index (χ0n) is 17.7. The van der Waals surface area contributed by atoms with Gasteiger partial charge in [0.2, 0.25) is 11.8 Å². The first kappa shape index (κ1) is 20.9. The minimum atomic E-state index is -0.360. The standard InChI is InChI=1S/C24H28N4O3/c1-16-11-12-19(26-24(31)25-18-7-3-2-4-8-18)14-21(16)27-23(30)17-13-22(29)28(15-17)20-9-5-6-10-20/h2-4,7-8,11-12,14,17,20H,5-6,9-10,13,15H2,1H3,(H,27,30)(H2,25,26,31). The quantitative estimate of drug-likeness (QED) is 0.671. The van der Waals surface area contributed by atoms with Crippen molar-refractivity contribution in [3.63, 3.8) is 0 Å². The van der Waals surface area contributed by atoms with Crippen molar-refractivity contribution >= 4 is 34.9 Å². The number of hydrogen-bond donors (Lipinski definition) is 3. The lowest BCUT2D eigenvalue weighted by molar-refractivity contribution is -0.129. The number of amides is 4. The summed E-state index contributed by atoms with van der Waals surface area (Å²) in [6.07, 6.45) is 4.65. The first-order chi connectivity index (χ1) is 15.0. The van der Waals surface area contributed by atoms with E-state index in [-0.39, 0.29) is 30.2 Å². The number of carbonyl (C=O) groups is 3. The topological polar surface area (TPSA) is 90.5 Å². The first-order valence-electron chi connectivity index (χ1n) is 10.8. The molecule has 4 rings (SSSR count). The molecule has 1 unspecified atom stereocenters. The van der Waals surface area contributed by atoms with E-state index in [2.05, 4.69) is 16.0 Å². The summed E-state index contributed by atoms with van der Waals surface area (Å²) >= 11 is 0. The molecule has 162 valence electrons. The second-order valence-corrected chi connectivity index (χ2v) is 8.35. The minimum Gasteiger partial charge on any atom is -0.339 e. The molecule has 1 aliphatic heterocycles. The van der Waals surface area contributed by atoms with E-state index in [1.807, 2.05) is 36.1 Å². The summed E-state index contributed by atoms with van der Waals surface area (Å²) in [7, 11) is 0. The molecule has 2 aromatic rings. The van der Waals surface area contributed by atoms with Gasteiger partial charge in [-0.05, 0) is 49.6 Å². The van der Waals surface area contributed by atoms with Crippen molar-refractivity contribution in [2.45, 2.75) is 45.1 Å². The Labute approximate surface area is 182 Å². The van der Waals surface area contributed by atoms with Gasteiger partial charge in [-0.1, -0.05) is 37.1 Å². The molecule has 0 bridgehead atoms. The fourth-order valence-corrected chi connectivity index (χ4v) is 4.36. The van der Waals surface area contributed by atoms with E-state index in [1.54, 1.807) is 24.3 Å². The average molecular weight is 421 g/mol. The molecule has 3 N–H and O–H groups in total. The number of rotatable bonds is 5. The number of aryl methyl sites for hydroxylation is 1. The van der Waals surface area contributed by atoms with Crippen LogP contribution in [0.15, 0.2) is 48.5 Å². The molecule has 0 aromatic heterocycles. The highest BCUT2D eigenvalue weighted by Gasteiger charge is 2.38. The van der Waals surface area contributed by atoms with Gasteiger partial charge in [-0.2, -0.15) is 0 Å². The predicted octanol–water partition coefficient (Wildman–Crippen LogP) is 4.37. The zero-order valence-corrected chi connectivity index (χ0v) is 17.7. The number of nitrogens with one attached hydrogen (secondary N) is 3. The molecule has 31 heavy (non-hydrogen) atoms. The Balaban J connectivity index is 1.37. The molecule has 0 radical (unpaired) electrons. The Morgan fingerprint density at radius 2 is 1.65 bits per heavy atom. The lowest BCUT2D eigenvalue weighted by atomic mass is 10.1. The van der Waals surface area contributed by atoms with E-state index in [4.69, 9.17) is 0 Å². The molecular formula is C24H28N4O3. The Morgan fingerprint density at radius 1 is 0.935 bits per heavy atom. The van der Waals surface area contributed by atoms with E-state index in [0.29, 0.717) is 29.6 Å². The van der Waals surface area contributed by atoms with Gasteiger partial charge in [-0.15, -0.1) is 0 Å². The highest BCUT2D eigenvalue weighted by Crippen LogP contribution is 2.30. The smallest absolute Gasteiger partial charge is 0.323 e. The number of likely N-dealkylation sites (tertiary alicyclic amines) is 1. The average Bonchev–Trinajstić information content (AvgIpc) is 3.40. The minimum absolute atomic E-state index is 0.0803. The van der Waals surface area contributed by atoms with E-state index in [0.717, 1.165) is 31.2 Å². The number of hydrogen-bond acceptors (Lipinski definition) is 3. The third kappa shape index (κ3) is 5.05. The first-order valence-corrected chi connectivity index (χ1v) is 10.8. The Hall–Kier alpha value is -3.35. The number of carbonyl (C=O) groups excluding carboxylic acids is 3. The van der Waals surface area contributed by atoms with Gasteiger partial charge in [0, 0.05) is 36.1 Å². The van der Waals surface area contributed by atoms with E-state index in [1.165, 1.54) is 0 Å². The van der Waals surface area contributed by atoms with Gasteiger partial charge in [-0.3, -0.25) is 9.59 Å². The predicted molar refractivity (Wildman–Crippen MR) is 121 cm³/mol. The van der Waals surface area contributed by atoms with Crippen LogP contribution in [0.4, 0.5) is 21.9 Å². The van der Waals surface area contributed by atoms with Crippen molar-refractivity contribution in [3.8, 4) is 0 Å². The van der Waals surface area contributed by atoms with Gasteiger partial charge in [-0.25, -0.2) is 4.79 Å². The van der Waals surface area contributed by atoms with Crippen LogP contribution in [0.25, 0.3) is 0 Å². The Kier molecular flexibility index (Phi) is 6.21. The highest BCUT2D eigenvalue weighted by molar-refractivity contribution is 6.01. The Bertz CT molecular complexity index is 970. The Morgan fingerprint density at radius 3 is 2.39 bits per heavy atom. The lowest BCUT2D eigenvalue weighted by Gasteiger charge is -2.24. The number of urea groups is 1. The highest BCUT2D eigenvalue weighted by atomic mass is 16.2. The molecule has 1 saturated carbocycles.